The van der Waals surface area contributed by atoms with E-state index in [4.69, 9.17) is 16.1 Å². The molecule has 0 spiro atoms. The van der Waals surface area contributed by atoms with E-state index in [-0.39, 0.29) is 30.6 Å². The zero-order chi connectivity index (χ0) is 8.97. The van der Waals surface area contributed by atoms with Crippen LogP contribution in [0.15, 0.2) is 24.3 Å². The number of nitriles is 1. The summed E-state index contributed by atoms with van der Waals surface area (Å²) in [5.74, 6) is 0.181. The summed E-state index contributed by atoms with van der Waals surface area (Å²) in [6, 6.07) is 8.32. The zero-order valence-corrected chi connectivity index (χ0v) is 7.79. The number of phenolic OH excluding ortho intramolecular Hbond substituents is 1. The third kappa shape index (κ3) is 3.32. The molecule has 0 radical (unpaired) electrons. The maximum Gasteiger partial charge on any atom is 0.115 e. The van der Waals surface area contributed by atoms with Gasteiger partial charge in [0.05, 0.1) is 12.5 Å². The molecule has 1 rings (SSSR count). The van der Waals surface area contributed by atoms with E-state index in [2.05, 4.69) is 0 Å². The molecule has 3 nitrogen and oxygen atoms in total. The molecule has 4 heteroatoms. The normalized spacial score (nSPS) is 11.1. The summed E-state index contributed by atoms with van der Waals surface area (Å²) in [7, 11) is 0. The third-order valence-corrected chi connectivity index (χ3v) is 1.61. The first kappa shape index (κ1) is 11.8. The van der Waals surface area contributed by atoms with Gasteiger partial charge in [-0.05, 0) is 17.7 Å². The number of benzene rings is 1. The minimum absolute atomic E-state index is 0. The minimum atomic E-state index is -0.304. The van der Waals surface area contributed by atoms with Gasteiger partial charge in [-0.15, -0.1) is 12.4 Å². The fourth-order valence-corrected chi connectivity index (χ4v) is 0.972. The molecule has 1 aromatic rings. The van der Waals surface area contributed by atoms with Gasteiger partial charge in [-0.3, -0.25) is 0 Å². The fourth-order valence-electron chi connectivity index (χ4n) is 0.972. The van der Waals surface area contributed by atoms with Crippen LogP contribution < -0.4 is 5.73 Å². The molecule has 13 heavy (non-hydrogen) atoms. The molecule has 3 N–H and O–H groups in total. The predicted octanol–water partition coefficient (Wildman–Crippen LogP) is 1.73. The van der Waals surface area contributed by atoms with Crippen LogP contribution in [0.1, 0.15) is 18.0 Å². The second-order valence-electron chi connectivity index (χ2n) is 2.56. The van der Waals surface area contributed by atoms with Gasteiger partial charge in [0.1, 0.15) is 5.75 Å². The predicted molar refractivity (Wildman–Crippen MR) is 52.5 cm³/mol. The van der Waals surface area contributed by atoms with Gasteiger partial charge >= 0.3 is 0 Å². The quantitative estimate of drug-likeness (QED) is 0.761. The van der Waals surface area contributed by atoms with E-state index in [0.29, 0.717) is 0 Å². The summed E-state index contributed by atoms with van der Waals surface area (Å²) in [5.41, 5.74) is 6.43. The molecule has 0 amide bonds. The first-order valence-corrected chi connectivity index (χ1v) is 3.65. The first-order valence-electron chi connectivity index (χ1n) is 3.65. The van der Waals surface area contributed by atoms with Gasteiger partial charge in [-0.2, -0.15) is 5.26 Å². The lowest BCUT2D eigenvalue weighted by atomic mass is 10.1. The monoisotopic (exact) mass is 198 g/mol. The zero-order valence-electron chi connectivity index (χ0n) is 6.97. The van der Waals surface area contributed by atoms with Crippen LogP contribution in [0, 0.1) is 11.3 Å². The molecule has 0 saturated heterocycles. The average molecular weight is 199 g/mol. The molecule has 0 aliphatic carbocycles. The Hall–Kier alpha value is -1.24. The molecule has 70 valence electrons. The third-order valence-electron chi connectivity index (χ3n) is 1.61. The minimum Gasteiger partial charge on any atom is -0.508 e. The molecule has 0 aromatic heterocycles. The van der Waals surface area contributed by atoms with E-state index in [9.17, 15) is 0 Å². The number of halogens is 1. The highest BCUT2D eigenvalue weighted by Crippen LogP contribution is 2.17. The van der Waals surface area contributed by atoms with Crippen molar-refractivity contribution in [2.75, 3.05) is 0 Å². The Morgan fingerprint density at radius 1 is 1.54 bits per heavy atom. The maximum absolute atomic E-state index is 9.09. The van der Waals surface area contributed by atoms with E-state index in [1.807, 2.05) is 6.07 Å². The molecule has 0 aliphatic rings. The molecule has 0 unspecified atom stereocenters. The van der Waals surface area contributed by atoms with Crippen LogP contribution in [-0.4, -0.2) is 5.11 Å². The summed E-state index contributed by atoms with van der Waals surface area (Å²) >= 11 is 0. The summed E-state index contributed by atoms with van der Waals surface area (Å²) in [6.07, 6.45) is 0.267. The van der Waals surface area contributed by atoms with Crippen LogP contribution >= 0.6 is 12.4 Å². The molecule has 0 saturated carbocycles. The van der Waals surface area contributed by atoms with Crippen molar-refractivity contribution in [2.24, 2.45) is 5.73 Å². The first-order chi connectivity index (χ1) is 5.74. The average Bonchev–Trinajstić information content (AvgIpc) is 2.05. The van der Waals surface area contributed by atoms with Crippen molar-refractivity contribution in [3.05, 3.63) is 29.8 Å². The number of aromatic hydroxyl groups is 1. The molecule has 0 fully saturated rings. The van der Waals surface area contributed by atoms with Crippen LogP contribution in [0.4, 0.5) is 0 Å². The molecule has 1 atom stereocenters. The molecular formula is C9H11ClN2O. The topological polar surface area (TPSA) is 70.0 Å². The molecule has 0 heterocycles. The fraction of sp³-hybridized carbons (Fsp3) is 0.222. The number of phenols is 1. The molecule has 0 bridgehead atoms. The maximum atomic E-state index is 9.09. The Labute approximate surface area is 83.2 Å². The highest BCUT2D eigenvalue weighted by atomic mass is 35.5. The van der Waals surface area contributed by atoms with Crippen LogP contribution in [0.25, 0.3) is 0 Å². The highest BCUT2D eigenvalue weighted by molar-refractivity contribution is 5.85. The van der Waals surface area contributed by atoms with E-state index >= 15 is 0 Å². The van der Waals surface area contributed by atoms with Crippen molar-refractivity contribution in [3.8, 4) is 11.8 Å². The van der Waals surface area contributed by atoms with Crippen LogP contribution in [-0.2, 0) is 0 Å². The van der Waals surface area contributed by atoms with Gasteiger partial charge in [0.25, 0.3) is 0 Å². The van der Waals surface area contributed by atoms with E-state index in [0.717, 1.165) is 5.56 Å². The van der Waals surface area contributed by atoms with E-state index in [1.165, 1.54) is 0 Å². The van der Waals surface area contributed by atoms with Crippen molar-refractivity contribution in [1.82, 2.24) is 0 Å². The number of hydrogen-bond donors (Lipinski definition) is 2. The van der Waals surface area contributed by atoms with Crippen molar-refractivity contribution in [1.29, 1.82) is 5.26 Å². The Kier molecular flexibility index (Phi) is 4.90. The second kappa shape index (κ2) is 5.41. The summed E-state index contributed by atoms with van der Waals surface area (Å²) in [6.45, 7) is 0. The standard InChI is InChI=1S/C9H10N2O.ClH/c10-5-4-9(11)7-2-1-3-8(12)6-7;/h1-3,6,9,12H,4,11H2;1H/t9-;/m1./s1. The van der Waals surface area contributed by atoms with Gasteiger partial charge in [0.15, 0.2) is 0 Å². The van der Waals surface area contributed by atoms with Crippen molar-refractivity contribution in [2.45, 2.75) is 12.5 Å². The van der Waals surface area contributed by atoms with Crippen molar-refractivity contribution >= 4 is 12.4 Å². The van der Waals surface area contributed by atoms with E-state index < -0.39 is 0 Å². The van der Waals surface area contributed by atoms with Gasteiger partial charge in [-0.1, -0.05) is 12.1 Å². The molecule has 1 aromatic carbocycles. The van der Waals surface area contributed by atoms with E-state index in [1.54, 1.807) is 24.3 Å². The smallest absolute Gasteiger partial charge is 0.115 e. The number of nitrogens with two attached hydrogens (primary N) is 1. The Bertz CT molecular complexity index is 309. The second-order valence-corrected chi connectivity index (χ2v) is 2.56. The van der Waals surface area contributed by atoms with Crippen LogP contribution in [0.3, 0.4) is 0 Å². The lowest BCUT2D eigenvalue weighted by Crippen LogP contribution is -2.08. The van der Waals surface area contributed by atoms with Crippen LogP contribution in [0.2, 0.25) is 0 Å². The van der Waals surface area contributed by atoms with Gasteiger partial charge in [0.2, 0.25) is 0 Å². The Balaban J connectivity index is 0.00000144. The highest BCUT2D eigenvalue weighted by Gasteiger charge is 2.04. The number of hydrogen-bond acceptors (Lipinski definition) is 3. The SMILES string of the molecule is Cl.N#CC[C@@H](N)c1cccc(O)c1. The largest absolute Gasteiger partial charge is 0.508 e. The number of rotatable bonds is 2. The molecule has 0 aliphatic heterocycles. The lowest BCUT2D eigenvalue weighted by molar-refractivity contribution is 0.473. The Morgan fingerprint density at radius 2 is 2.23 bits per heavy atom. The lowest BCUT2D eigenvalue weighted by Gasteiger charge is -2.06. The van der Waals surface area contributed by atoms with Gasteiger partial charge in [-0.25, -0.2) is 0 Å². The molecular weight excluding hydrogens is 188 g/mol. The van der Waals surface area contributed by atoms with Crippen LogP contribution in [0.5, 0.6) is 5.75 Å². The Morgan fingerprint density at radius 3 is 2.77 bits per heavy atom. The van der Waals surface area contributed by atoms with Gasteiger partial charge < -0.3 is 10.8 Å². The van der Waals surface area contributed by atoms with Crippen molar-refractivity contribution in [3.63, 3.8) is 0 Å². The summed E-state index contributed by atoms with van der Waals surface area (Å²) < 4.78 is 0. The van der Waals surface area contributed by atoms with Crippen molar-refractivity contribution < 1.29 is 5.11 Å². The summed E-state index contributed by atoms with van der Waals surface area (Å²) in [4.78, 5) is 0. The number of nitrogens with zero attached hydrogens (tertiary/aromatic N) is 1. The summed E-state index contributed by atoms with van der Waals surface area (Å²) in [5, 5.41) is 17.5. The van der Waals surface area contributed by atoms with Gasteiger partial charge in [0, 0.05) is 6.04 Å².